The standard InChI is InChI=1S/C78H36N14/c79-37-46-19-47(38-80)24-61(23-46)57-11-15-69-65(33-57)66-34-58(62-25-48(39-81)20-49(26-62)40-82)12-16-70(66)91(69)73-31-54(45-87)32-74(75(73)78-89-76(55-7-3-1-4-8-55)88-77(90-78)56-9-5-2-6-10-56)92-71-17-13-59(63-27-50(41-83)21-51(28-63)42-84)35-67(71)68-36-60(14-18-72(68)92)64-29-52(43-85)22-53(30-64)44-86/h1-36H. The summed E-state index contributed by atoms with van der Waals surface area (Å²) in [5.41, 5.74) is 13.6. The molecule has 0 aliphatic carbocycles. The molecule has 14 rings (SSSR count). The molecule has 0 spiro atoms. The topological polar surface area (TPSA) is 263 Å². The first-order chi connectivity index (χ1) is 45.1. The Kier molecular flexibility index (Phi) is 13.6. The summed E-state index contributed by atoms with van der Waals surface area (Å²) in [6.45, 7) is 0. The molecule has 0 fully saturated rings. The Morgan fingerprint density at radius 1 is 0.217 bits per heavy atom. The molecular formula is C78H36N14. The second kappa shape index (κ2) is 22.7. The summed E-state index contributed by atoms with van der Waals surface area (Å²) in [6, 6.07) is 86.4. The molecule has 0 N–H and O–H groups in total. The van der Waals surface area contributed by atoms with Gasteiger partial charge in [0.15, 0.2) is 17.5 Å². The van der Waals surface area contributed by atoms with E-state index in [1.807, 2.05) is 146 Å². The van der Waals surface area contributed by atoms with Gasteiger partial charge in [0.1, 0.15) is 0 Å². The van der Waals surface area contributed by atoms with Gasteiger partial charge in [-0.05, 0) is 178 Å². The van der Waals surface area contributed by atoms with E-state index in [1.165, 1.54) is 24.3 Å². The van der Waals surface area contributed by atoms with Crippen molar-refractivity contribution in [3.63, 3.8) is 0 Å². The predicted molar refractivity (Wildman–Crippen MR) is 349 cm³/mol. The Bertz CT molecular complexity index is 5200. The highest BCUT2D eigenvalue weighted by Crippen LogP contribution is 2.46. The normalized spacial score (nSPS) is 10.7. The van der Waals surface area contributed by atoms with Crippen LogP contribution in [0.4, 0.5) is 0 Å². The summed E-state index contributed by atoms with van der Waals surface area (Å²) in [5.74, 6) is 0.969. The maximum absolute atomic E-state index is 11.5. The Hall–Kier alpha value is -14.6. The minimum atomic E-state index is 0.239. The van der Waals surface area contributed by atoms with Gasteiger partial charge in [-0.3, -0.25) is 0 Å². The molecule has 418 valence electrons. The summed E-state index contributed by atoms with van der Waals surface area (Å²) in [6.07, 6.45) is 0. The number of nitriles is 9. The molecule has 14 heteroatoms. The van der Waals surface area contributed by atoms with Gasteiger partial charge in [-0.1, -0.05) is 84.9 Å². The summed E-state index contributed by atoms with van der Waals surface area (Å²) in [5, 5.41) is 95.4. The second-order valence-corrected chi connectivity index (χ2v) is 21.7. The average Bonchev–Trinajstić information content (AvgIpc) is 1.65. The van der Waals surface area contributed by atoms with Gasteiger partial charge < -0.3 is 9.13 Å². The summed E-state index contributed by atoms with van der Waals surface area (Å²) >= 11 is 0. The molecule has 0 unspecified atom stereocenters. The van der Waals surface area contributed by atoms with Gasteiger partial charge in [0.05, 0.1) is 144 Å². The maximum Gasteiger partial charge on any atom is 0.168 e. The van der Waals surface area contributed by atoms with E-state index in [0.29, 0.717) is 151 Å². The van der Waals surface area contributed by atoms with Gasteiger partial charge in [0, 0.05) is 32.7 Å². The molecule has 0 saturated heterocycles. The van der Waals surface area contributed by atoms with E-state index in [0.717, 1.165) is 21.5 Å². The van der Waals surface area contributed by atoms with Crippen molar-refractivity contribution in [2.45, 2.75) is 0 Å². The molecule has 0 aliphatic rings. The van der Waals surface area contributed by atoms with Gasteiger partial charge in [-0.2, -0.15) is 47.4 Å². The van der Waals surface area contributed by atoms with Crippen LogP contribution in [0, 0.1) is 102 Å². The van der Waals surface area contributed by atoms with E-state index in [-0.39, 0.29) is 11.4 Å². The second-order valence-electron chi connectivity index (χ2n) is 21.7. The van der Waals surface area contributed by atoms with Crippen LogP contribution in [0.1, 0.15) is 50.1 Å². The lowest BCUT2D eigenvalue weighted by Crippen LogP contribution is -2.08. The first-order valence-corrected chi connectivity index (χ1v) is 28.6. The number of aromatic nitrogens is 5. The van der Waals surface area contributed by atoms with E-state index in [2.05, 4.69) is 63.8 Å². The van der Waals surface area contributed by atoms with Crippen molar-refractivity contribution in [3.05, 3.63) is 268 Å². The van der Waals surface area contributed by atoms with Crippen LogP contribution in [0.2, 0.25) is 0 Å². The Balaban J connectivity index is 1.14. The van der Waals surface area contributed by atoms with Crippen molar-refractivity contribution in [1.82, 2.24) is 24.1 Å². The third-order valence-electron chi connectivity index (χ3n) is 16.3. The number of hydrogen-bond donors (Lipinski definition) is 0. The highest BCUT2D eigenvalue weighted by molar-refractivity contribution is 6.14. The highest BCUT2D eigenvalue weighted by atomic mass is 15.1. The molecule has 0 atom stereocenters. The largest absolute Gasteiger partial charge is 0.308 e. The lowest BCUT2D eigenvalue weighted by Gasteiger charge is -2.20. The number of hydrogen-bond acceptors (Lipinski definition) is 12. The zero-order valence-electron chi connectivity index (χ0n) is 48.0. The molecule has 92 heavy (non-hydrogen) atoms. The van der Waals surface area contributed by atoms with Crippen molar-refractivity contribution in [3.8, 4) is 145 Å². The van der Waals surface area contributed by atoms with Crippen LogP contribution in [0.3, 0.4) is 0 Å². The quantitative estimate of drug-likeness (QED) is 0.131. The number of fused-ring (bicyclic) bond motifs is 6. The van der Waals surface area contributed by atoms with Crippen LogP contribution >= 0.6 is 0 Å². The van der Waals surface area contributed by atoms with Crippen molar-refractivity contribution >= 4 is 43.6 Å². The molecule has 3 heterocycles. The third-order valence-corrected chi connectivity index (χ3v) is 16.3. The van der Waals surface area contributed by atoms with Crippen LogP contribution in [0.25, 0.3) is 134 Å². The molecule has 0 aliphatic heterocycles. The minimum Gasteiger partial charge on any atom is -0.308 e. The zero-order chi connectivity index (χ0) is 63.1. The van der Waals surface area contributed by atoms with Crippen molar-refractivity contribution in [2.75, 3.05) is 0 Å². The zero-order valence-corrected chi connectivity index (χ0v) is 48.0. The lowest BCUT2D eigenvalue weighted by molar-refractivity contribution is 1.05. The van der Waals surface area contributed by atoms with E-state index < -0.39 is 0 Å². The van der Waals surface area contributed by atoms with Gasteiger partial charge >= 0.3 is 0 Å². The lowest BCUT2D eigenvalue weighted by atomic mass is 9.97. The SMILES string of the molecule is N#Cc1cc(C#N)cc(-c2ccc3c(c2)c2cc(-c4cc(C#N)cc(C#N)c4)ccc2n3-c2cc(C#N)cc(-n3c4ccc(-c5cc(C#N)cc(C#N)c5)cc4c4cc(-c5cc(C#N)cc(C#N)c5)ccc43)c2-c2nc(-c3ccccc3)nc(-c3ccccc3)n2)c1. The summed E-state index contributed by atoms with van der Waals surface area (Å²) in [7, 11) is 0. The van der Waals surface area contributed by atoms with E-state index in [9.17, 15) is 47.4 Å². The Morgan fingerprint density at radius 3 is 0.707 bits per heavy atom. The molecule has 0 bridgehead atoms. The predicted octanol–water partition coefficient (Wildman–Crippen LogP) is 16.6. The van der Waals surface area contributed by atoms with Crippen molar-refractivity contribution in [1.29, 1.82) is 47.4 Å². The minimum absolute atomic E-state index is 0.239. The Morgan fingerprint density at radius 2 is 0.457 bits per heavy atom. The molecular weight excluding hydrogens is 1130 g/mol. The van der Waals surface area contributed by atoms with Gasteiger partial charge in [-0.25, -0.2) is 15.0 Å². The van der Waals surface area contributed by atoms with E-state index in [4.69, 9.17) is 15.0 Å². The molecule has 3 aromatic heterocycles. The van der Waals surface area contributed by atoms with E-state index in [1.54, 1.807) is 48.5 Å². The van der Waals surface area contributed by atoms with Crippen LogP contribution in [0.5, 0.6) is 0 Å². The fraction of sp³-hybridized carbons (Fsp3) is 0. The third kappa shape index (κ3) is 9.71. The van der Waals surface area contributed by atoms with Gasteiger partial charge in [0.25, 0.3) is 0 Å². The first-order valence-electron chi connectivity index (χ1n) is 28.6. The highest BCUT2D eigenvalue weighted by Gasteiger charge is 2.28. The average molecular weight is 1170 g/mol. The molecule has 14 aromatic rings. The molecule has 11 aromatic carbocycles. The fourth-order valence-corrected chi connectivity index (χ4v) is 12.2. The number of benzene rings is 11. The van der Waals surface area contributed by atoms with E-state index >= 15 is 0 Å². The van der Waals surface area contributed by atoms with Crippen molar-refractivity contribution in [2.24, 2.45) is 0 Å². The first kappa shape index (κ1) is 55.3. The molecule has 0 saturated carbocycles. The van der Waals surface area contributed by atoms with Crippen LogP contribution in [-0.2, 0) is 0 Å². The fourth-order valence-electron chi connectivity index (χ4n) is 12.2. The number of rotatable bonds is 9. The maximum atomic E-state index is 11.5. The van der Waals surface area contributed by atoms with Crippen LogP contribution in [-0.4, -0.2) is 24.1 Å². The molecule has 0 radical (unpaired) electrons. The van der Waals surface area contributed by atoms with Gasteiger partial charge in [-0.15, -0.1) is 0 Å². The number of nitrogens with zero attached hydrogens (tertiary/aromatic N) is 14. The van der Waals surface area contributed by atoms with Crippen LogP contribution < -0.4 is 0 Å². The molecule has 0 amide bonds. The summed E-state index contributed by atoms with van der Waals surface area (Å²) in [4.78, 5) is 16.0. The Labute approximate surface area is 525 Å². The smallest absolute Gasteiger partial charge is 0.168 e. The van der Waals surface area contributed by atoms with Crippen LogP contribution in [0.15, 0.2) is 218 Å². The summed E-state index contributed by atoms with van der Waals surface area (Å²) < 4.78 is 4.14. The van der Waals surface area contributed by atoms with Crippen molar-refractivity contribution < 1.29 is 0 Å². The molecule has 14 nitrogen and oxygen atoms in total. The van der Waals surface area contributed by atoms with Gasteiger partial charge in [0.2, 0.25) is 0 Å². The monoisotopic (exact) mass is 1170 g/mol.